The summed E-state index contributed by atoms with van der Waals surface area (Å²) in [6.07, 6.45) is 0.654. The average molecular weight is 284 g/mol. The van der Waals surface area contributed by atoms with Gasteiger partial charge in [-0.05, 0) is 24.8 Å². The summed E-state index contributed by atoms with van der Waals surface area (Å²) in [5.41, 5.74) is 0.360. The zero-order valence-electron chi connectivity index (χ0n) is 10.3. The third kappa shape index (κ3) is 3.07. The number of sulfone groups is 1. The molecule has 6 heteroatoms. The van der Waals surface area contributed by atoms with Crippen LogP contribution in [0.1, 0.15) is 24.3 Å². The van der Waals surface area contributed by atoms with E-state index in [1.807, 2.05) is 0 Å². The van der Waals surface area contributed by atoms with Crippen LogP contribution in [0, 0.1) is 5.92 Å². The molecule has 2 N–H and O–H groups in total. The number of benzene rings is 1. The topological polar surface area (TPSA) is 91.7 Å². The molecule has 1 aromatic rings. The molecule has 0 amide bonds. The highest BCUT2D eigenvalue weighted by Gasteiger charge is 2.35. The van der Waals surface area contributed by atoms with E-state index in [1.165, 1.54) is 6.07 Å². The molecule has 0 aliphatic carbocycles. The van der Waals surface area contributed by atoms with Crippen molar-refractivity contribution in [3.63, 3.8) is 0 Å². The predicted octanol–water partition coefficient (Wildman–Crippen LogP) is 1.39. The first-order valence-corrected chi connectivity index (χ1v) is 7.94. The minimum absolute atomic E-state index is 0.0229. The van der Waals surface area contributed by atoms with Crippen LogP contribution in [0.15, 0.2) is 24.3 Å². The molecule has 1 aliphatic rings. The van der Waals surface area contributed by atoms with Gasteiger partial charge >= 0.3 is 5.97 Å². The van der Waals surface area contributed by atoms with E-state index in [2.05, 4.69) is 0 Å². The minimum atomic E-state index is -3.02. The molecule has 0 saturated carbocycles. The number of phenolic OH excluding ortho intramolecular Hbond substituents is 1. The Kier molecular flexibility index (Phi) is 3.80. The van der Waals surface area contributed by atoms with Crippen molar-refractivity contribution in [3.8, 4) is 5.75 Å². The lowest BCUT2D eigenvalue weighted by molar-refractivity contribution is -0.140. The second kappa shape index (κ2) is 5.21. The van der Waals surface area contributed by atoms with Gasteiger partial charge in [-0.2, -0.15) is 0 Å². The lowest BCUT2D eigenvalue weighted by Crippen LogP contribution is -2.30. The second-order valence-corrected chi connectivity index (χ2v) is 7.17. The molecule has 1 fully saturated rings. The molecule has 1 saturated heterocycles. The third-order valence-corrected chi connectivity index (χ3v) is 5.32. The fourth-order valence-corrected chi connectivity index (χ4v) is 4.11. The van der Waals surface area contributed by atoms with Gasteiger partial charge in [0.1, 0.15) is 15.6 Å². The Bertz CT molecular complexity index is 564. The molecule has 5 nitrogen and oxygen atoms in total. The maximum atomic E-state index is 11.5. The number of carbonyl (C=O) groups is 1. The number of carboxylic acids is 1. The van der Waals surface area contributed by atoms with Crippen molar-refractivity contribution in [2.45, 2.75) is 18.8 Å². The van der Waals surface area contributed by atoms with E-state index in [-0.39, 0.29) is 23.2 Å². The van der Waals surface area contributed by atoms with Crippen molar-refractivity contribution in [1.82, 2.24) is 0 Å². The standard InChI is InChI=1S/C13H16O5S/c14-11-4-2-1-3-10(11)12(13(15)16)9-5-7-19(17,18)8-6-9/h1-4,9,12,14H,5-8H2,(H,15,16). The predicted molar refractivity (Wildman–Crippen MR) is 69.9 cm³/mol. The van der Waals surface area contributed by atoms with Gasteiger partial charge in [-0.1, -0.05) is 18.2 Å². The van der Waals surface area contributed by atoms with E-state index in [1.54, 1.807) is 18.2 Å². The molecule has 1 heterocycles. The first-order valence-electron chi connectivity index (χ1n) is 6.12. The van der Waals surface area contributed by atoms with E-state index in [0.29, 0.717) is 18.4 Å². The monoisotopic (exact) mass is 284 g/mol. The molecule has 1 aliphatic heterocycles. The van der Waals surface area contributed by atoms with Crippen molar-refractivity contribution in [3.05, 3.63) is 29.8 Å². The van der Waals surface area contributed by atoms with Crippen molar-refractivity contribution < 1.29 is 23.4 Å². The molecular formula is C13H16O5S. The zero-order valence-corrected chi connectivity index (χ0v) is 11.1. The van der Waals surface area contributed by atoms with Crippen molar-refractivity contribution >= 4 is 15.8 Å². The van der Waals surface area contributed by atoms with Gasteiger partial charge in [0.05, 0.1) is 17.4 Å². The van der Waals surface area contributed by atoms with Crippen LogP contribution >= 0.6 is 0 Å². The van der Waals surface area contributed by atoms with Crippen molar-refractivity contribution in [1.29, 1.82) is 0 Å². The highest BCUT2D eigenvalue weighted by atomic mass is 32.2. The van der Waals surface area contributed by atoms with Gasteiger partial charge < -0.3 is 10.2 Å². The molecule has 2 rings (SSSR count). The van der Waals surface area contributed by atoms with Crippen LogP contribution in [0.2, 0.25) is 0 Å². The summed E-state index contributed by atoms with van der Waals surface area (Å²) >= 11 is 0. The van der Waals surface area contributed by atoms with Gasteiger partial charge in [-0.3, -0.25) is 4.79 Å². The van der Waals surface area contributed by atoms with Crippen LogP contribution in [0.4, 0.5) is 0 Å². The fourth-order valence-electron chi connectivity index (χ4n) is 2.58. The second-order valence-electron chi connectivity index (χ2n) is 4.86. The fraction of sp³-hybridized carbons (Fsp3) is 0.462. The maximum absolute atomic E-state index is 11.5. The van der Waals surface area contributed by atoms with Crippen LogP contribution in [0.3, 0.4) is 0 Å². The SMILES string of the molecule is O=C(O)C(c1ccccc1O)C1CCS(=O)(=O)CC1. The lowest BCUT2D eigenvalue weighted by atomic mass is 9.82. The van der Waals surface area contributed by atoms with Gasteiger partial charge in [0.25, 0.3) is 0 Å². The average Bonchev–Trinajstić information content (AvgIpc) is 2.33. The number of phenols is 1. The Morgan fingerprint density at radius 2 is 1.79 bits per heavy atom. The highest BCUT2D eigenvalue weighted by Crippen LogP contribution is 2.37. The smallest absolute Gasteiger partial charge is 0.311 e. The zero-order chi connectivity index (χ0) is 14.0. The molecule has 104 valence electrons. The molecular weight excluding hydrogens is 268 g/mol. The van der Waals surface area contributed by atoms with E-state index < -0.39 is 21.7 Å². The third-order valence-electron chi connectivity index (χ3n) is 3.61. The number of aromatic hydroxyl groups is 1. The largest absolute Gasteiger partial charge is 0.508 e. The van der Waals surface area contributed by atoms with Crippen LogP contribution in [-0.4, -0.2) is 36.1 Å². The van der Waals surface area contributed by atoms with Gasteiger partial charge in [0.2, 0.25) is 0 Å². The number of carboxylic acid groups (broad SMARTS) is 1. The number of hydrogen-bond donors (Lipinski definition) is 2. The summed E-state index contributed by atoms with van der Waals surface area (Å²) in [5, 5.41) is 19.2. The molecule has 1 aromatic carbocycles. The summed E-state index contributed by atoms with van der Waals surface area (Å²) in [4.78, 5) is 11.5. The van der Waals surface area contributed by atoms with Crippen LogP contribution < -0.4 is 0 Å². The first kappa shape index (κ1) is 13.9. The van der Waals surface area contributed by atoms with Crippen LogP contribution in [-0.2, 0) is 14.6 Å². The molecule has 1 atom stereocenters. The molecule has 0 radical (unpaired) electrons. The minimum Gasteiger partial charge on any atom is -0.508 e. The van der Waals surface area contributed by atoms with Gasteiger partial charge in [0.15, 0.2) is 0 Å². The van der Waals surface area contributed by atoms with Crippen molar-refractivity contribution in [2.75, 3.05) is 11.5 Å². The summed E-state index contributed by atoms with van der Waals surface area (Å²) in [6.45, 7) is 0. The van der Waals surface area contributed by atoms with Crippen LogP contribution in [0.5, 0.6) is 5.75 Å². The number of para-hydroxylation sites is 1. The molecule has 0 spiro atoms. The maximum Gasteiger partial charge on any atom is 0.311 e. The van der Waals surface area contributed by atoms with E-state index in [0.717, 1.165) is 0 Å². The van der Waals surface area contributed by atoms with Gasteiger partial charge in [0, 0.05) is 5.56 Å². The first-order chi connectivity index (χ1) is 8.91. The van der Waals surface area contributed by atoms with E-state index in [9.17, 15) is 23.4 Å². The summed E-state index contributed by atoms with van der Waals surface area (Å²) in [6, 6.07) is 6.33. The lowest BCUT2D eigenvalue weighted by Gasteiger charge is -2.28. The van der Waals surface area contributed by atoms with Gasteiger partial charge in [-0.25, -0.2) is 8.42 Å². The number of aliphatic carboxylic acids is 1. The van der Waals surface area contributed by atoms with Crippen LogP contribution in [0.25, 0.3) is 0 Å². The molecule has 1 unspecified atom stereocenters. The molecule has 0 bridgehead atoms. The molecule has 0 aromatic heterocycles. The summed E-state index contributed by atoms with van der Waals surface area (Å²) in [7, 11) is -3.02. The van der Waals surface area contributed by atoms with Gasteiger partial charge in [-0.15, -0.1) is 0 Å². The Balaban J connectivity index is 2.28. The Hall–Kier alpha value is -1.56. The number of hydrogen-bond acceptors (Lipinski definition) is 4. The molecule has 19 heavy (non-hydrogen) atoms. The van der Waals surface area contributed by atoms with E-state index >= 15 is 0 Å². The highest BCUT2D eigenvalue weighted by molar-refractivity contribution is 7.91. The number of rotatable bonds is 3. The van der Waals surface area contributed by atoms with E-state index in [4.69, 9.17) is 0 Å². The van der Waals surface area contributed by atoms with Crippen molar-refractivity contribution in [2.24, 2.45) is 5.92 Å². The normalized spacial score (nSPS) is 20.8. The Morgan fingerprint density at radius 1 is 1.21 bits per heavy atom. The Labute approximate surface area is 111 Å². The Morgan fingerprint density at radius 3 is 2.32 bits per heavy atom. The summed E-state index contributed by atoms with van der Waals surface area (Å²) in [5.74, 6) is -2.13. The summed E-state index contributed by atoms with van der Waals surface area (Å²) < 4.78 is 22.8. The quantitative estimate of drug-likeness (QED) is 0.875.